The number of aromatic nitrogens is 2. The number of halogens is 4. The van der Waals surface area contributed by atoms with E-state index in [1.165, 1.54) is 18.7 Å². The first-order valence-electron chi connectivity index (χ1n) is 20.6. The van der Waals surface area contributed by atoms with Crippen molar-refractivity contribution < 1.29 is 60.5 Å². The quantitative estimate of drug-likeness (QED) is 0.0652. The van der Waals surface area contributed by atoms with Crippen LogP contribution in [0, 0.1) is 30.2 Å². The monoisotopic (exact) mass is 946 g/mol. The fourth-order valence-electron chi connectivity index (χ4n) is 6.94. The molecule has 0 aliphatic heterocycles. The number of rotatable bonds is 18. The van der Waals surface area contributed by atoms with E-state index in [9.17, 15) is 38.4 Å². The largest absolute Gasteiger partial charge is 0.468 e. The van der Waals surface area contributed by atoms with E-state index in [1.54, 1.807) is 61.5 Å². The summed E-state index contributed by atoms with van der Waals surface area (Å²) in [7, 11) is 4.94. The van der Waals surface area contributed by atoms with Gasteiger partial charge in [-0.25, -0.2) is 31.9 Å². The van der Waals surface area contributed by atoms with Gasteiger partial charge in [-0.2, -0.15) is 0 Å². The predicted molar refractivity (Wildman–Crippen MR) is 235 cm³/mol. The van der Waals surface area contributed by atoms with Gasteiger partial charge < -0.3 is 39.6 Å². The molecule has 4 aromatic carbocycles. The van der Waals surface area contributed by atoms with Crippen LogP contribution < -0.4 is 27.2 Å². The van der Waals surface area contributed by atoms with Gasteiger partial charge in [-0.05, 0) is 59.0 Å². The van der Waals surface area contributed by atoms with Crippen LogP contribution >= 0.6 is 0 Å². The van der Waals surface area contributed by atoms with E-state index >= 15 is 17.6 Å². The van der Waals surface area contributed by atoms with Crippen molar-refractivity contribution >= 4 is 35.8 Å². The number of ether oxygens (including phenoxy) is 3. The minimum Gasteiger partial charge on any atom is -0.468 e. The first kappa shape index (κ1) is 50.9. The number of carbonyl (C=O) groups is 6. The molecule has 4 amide bonds. The average molecular weight is 947 g/mol. The van der Waals surface area contributed by atoms with Crippen molar-refractivity contribution in [3.05, 3.63) is 162 Å². The van der Waals surface area contributed by atoms with Crippen molar-refractivity contribution in [1.29, 1.82) is 0 Å². The molecule has 5 rings (SSSR count). The van der Waals surface area contributed by atoms with E-state index in [1.807, 2.05) is 5.32 Å². The molecular formula is C47H46F4N6O11. The standard InChI is InChI=1S/C47H46F4N6O11/c1-26-39(44(62)56(3)47(65)55(26)2)31-13-11-27(12-14-31)21-36(45(63)67-5)54-43(61)41-34(50)19-30(20-35(41)51)24-57(37(58)15-16-52-46(64)68-25-28-9-7-6-8-10-28)23-29-17-32(48)40(33(49)18-29)42(60)53-22-38(59)66-4/h6-14,17-20,36H,15-16,21-25H2,1-5H3,(H,52,64)(H,53,60)(H,54,61)/t36-/m0/s1. The normalized spacial score (nSPS) is 11.2. The lowest BCUT2D eigenvalue weighted by Crippen LogP contribution is -2.43. The molecule has 3 N–H and O–H groups in total. The van der Waals surface area contributed by atoms with Gasteiger partial charge in [0.15, 0.2) is 0 Å². The van der Waals surface area contributed by atoms with Gasteiger partial charge in [0, 0.05) is 52.3 Å². The Balaban J connectivity index is 1.34. The predicted octanol–water partition coefficient (Wildman–Crippen LogP) is 3.88. The highest BCUT2D eigenvalue weighted by atomic mass is 19.1. The van der Waals surface area contributed by atoms with Crippen LogP contribution in [0.2, 0.25) is 0 Å². The fourth-order valence-corrected chi connectivity index (χ4v) is 6.94. The Hall–Kier alpha value is -8.10. The molecule has 0 unspecified atom stereocenters. The van der Waals surface area contributed by atoms with E-state index in [4.69, 9.17) is 9.47 Å². The molecule has 0 aliphatic carbocycles. The summed E-state index contributed by atoms with van der Waals surface area (Å²) in [5, 5.41) is 6.70. The highest BCUT2D eigenvalue weighted by Crippen LogP contribution is 2.23. The second-order valence-electron chi connectivity index (χ2n) is 15.2. The van der Waals surface area contributed by atoms with E-state index in [2.05, 4.69) is 15.4 Å². The summed E-state index contributed by atoms with van der Waals surface area (Å²) in [6.07, 6.45) is -1.53. The molecule has 1 aromatic heterocycles. The molecule has 358 valence electrons. The number of carbonyl (C=O) groups excluding carboxylic acids is 6. The molecular weight excluding hydrogens is 901 g/mol. The summed E-state index contributed by atoms with van der Waals surface area (Å²) < 4.78 is 78.7. The Bertz CT molecular complexity index is 2810. The van der Waals surface area contributed by atoms with Crippen molar-refractivity contribution in [3.8, 4) is 11.1 Å². The molecule has 0 saturated carbocycles. The van der Waals surface area contributed by atoms with Crippen molar-refractivity contribution in [2.24, 2.45) is 14.1 Å². The maximum atomic E-state index is 15.8. The van der Waals surface area contributed by atoms with Gasteiger partial charge in [-0.15, -0.1) is 0 Å². The second kappa shape index (κ2) is 22.9. The lowest BCUT2D eigenvalue weighted by molar-refractivity contribution is -0.143. The topological polar surface area (TPSA) is 213 Å². The molecule has 0 bridgehead atoms. The molecule has 5 aromatic rings. The van der Waals surface area contributed by atoms with Gasteiger partial charge in [0.2, 0.25) is 5.91 Å². The first-order chi connectivity index (χ1) is 32.3. The van der Waals surface area contributed by atoms with Crippen LogP contribution in [0.1, 0.15) is 55.1 Å². The van der Waals surface area contributed by atoms with Gasteiger partial charge in [0.1, 0.15) is 53.6 Å². The highest BCUT2D eigenvalue weighted by Gasteiger charge is 2.28. The molecule has 17 nitrogen and oxygen atoms in total. The van der Waals surface area contributed by atoms with Gasteiger partial charge >= 0.3 is 23.7 Å². The summed E-state index contributed by atoms with van der Waals surface area (Å²) in [5.74, 6) is -10.8. The number of benzene rings is 4. The summed E-state index contributed by atoms with van der Waals surface area (Å²) in [6, 6.07) is 16.5. The van der Waals surface area contributed by atoms with Crippen LogP contribution in [0.5, 0.6) is 0 Å². The number of hydrogen-bond donors (Lipinski definition) is 3. The third-order valence-corrected chi connectivity index (χ3v) is 10.6. The number of esters is 2. The third kappa shape index (κ3) is 12.6. The van der Waals surface area contributed by atoms with E-state index < -0.39 is 113 Å². The SMILES string of the molecule is COC(=O)CNC(=O)c1c(F)cc(CN(Cc2cc(F)c(C(=O)N[C@@H](Cc3ccc(-c4c(C)n(C)c(=O)n(C)c4=O)cc3)C(=O)OC)c(F)c2)C(=O)CCNC(=O)OCc2ccccc2)cc1F. The maximum absolute atomic E-state index is 15.8. The fraction of sp³-hybridized carbons (Fsp3) is 0.277. The average Bonchev–Trinajstić information content (AvgIpc) is 3.31. The molecule has 21 heteroatoms. The Morgan fingerprint density at radius 3 is 1.79 bits per heavy atom. The zero-order valence-corrected chi connectivity index (χ0v) is 37.4. The molecule has 0 radical (unpaired) electrons. The number of hydrogen-bond acceptors (Lipinski definition) is 11. The summed E-state index contributed by atoms with van der Waals surface area (Å²) in [6.45, 7) is -0.655. The number of amides is 4. The minimum absolute atomic E-state index is 0.0758. The minimum atomic E-state index is -1.47. The zero-order valence-electron chi connectivity index (χ0n) is 37.4. The Morgan fingerprint density at radius 2 is 1.25 bits per heavy atom. The second-order valence-corrected chi connectivity index (χ2v) is 15.2. The molecule has 0 fully saturated rings. The Kier molecular flexibility index (Phi) is 17.1. The van der Waals surface area contributed by atoms with Crippen molar-refractivity contribution in [3.63, 3.8) is 0 Å². The van der Waals surface area contributed by atoms with Gasteiger partial charge in [0.25, 0.3) is 17.4 Å². The third-order valence-electron chi connectivity index (χ3n) is 10.6. The Morgan fingerprint density at radius 1 is 0.691 bits per heavy atom. The van der Waals surface area contributed by atoms with Crippen LogP contribution in [-0.4, -0.2) is 83.1 Å². The smallest absolute Gasteiger partial charge is 0.407 e. The van der Waals surface area contributed by atoms with Crippen LogP contribution in [0.15, 0.2) is 88.5 Å². The van der Waals surface area contributed by atoms with E-state index in [-0.39, 0.29) is 36.3 Å². The zero-order chi connectivity index (χ0) is 49.8. The van der Waals surface area contributed by atoms with Crippen molar-refractivity contribution in [2.75, 3.05) is 27.3 Å². The summed E-state index contributed by atoms with van der Waals surface area (Å²) in [5.41, 5.74) is -1.36. The molecule has 0 saturated heterocycles. The Labute approximate surface area is 385 Å². The van der Waals surface area contributed by atoms with Gasteiger partial charge in [0.05, 0.1) is 19.8 Å². The van der Waals surface area contributed by atoms with Crippen LogP contribution in [0.4, 0.5) is 22.4 Å². The molecule has 0 spiro atoms. The first-order valence-corrected chi connectivity index (χ1v) is 20.6. The maximum Gasteiger partial charge on any atom is 0.407 e. The summed E-state index contributed by atoms with van der Waals surface area (Å²) >= 11 is 0. The van der Waals surface area contributed by atoms with Crippen LogP contribution in [-0.2, 0) is 68.8 Å². The number of nitrogens with one attached hydrogen (secondary N) is 3. The number of alkyl carbamates (subject to hydrolysis) is 1. The van der Waals surface area contributed by atoms with E-state index in [0.29, 0.717) is 22.4 Å². The molecule has 1 atom stereocenters. The number of methoxy groups -OCH3 is 2. The van der Waals surface area contributed by atoms with Crippen molar-refractivity contribution in [1.82, 2.24) is 30.0 Å². The molecule has 1 heterocycles. The van der Waals surface area contributed by atoms with Crippen molar-refractivity contribution in [2.45, 2.75) is 45.5 Å². The molecule has 0 aliphatic rings. The highest BCUT2D eigenvalue weighted by molar-refractivity contribution is 5.98. The number of nitrogens with zero attached hydrogens (tertiary/aromatic N) is 3. The van der Waals surface area contributed by atoms with Gasteiger partial charge in [-0.1, -0.05) is 54.6 Å². The lowest BCUT2D eigenvalue weighted by Gasteiger charge is -2.24. The van der Waals surface area contributed by atoms with Gasteiger partial charge in [-0.3, -0.25) is 28.5 Å². The van der Waals surface area contributed by atoms with Crippen LogP contribution in [0.3, 0.4) is 0 Å². The lowest BCUT2D eigenvalue weighted by atomic mass is 10.00. The van der Waals surface area contributed by atoms with E-state index in [0.717, 1.165) is 48.0 Å². The summed E-state index contributed by atoms with van der Waals surface area (Å²) in [4.78, 5) is 102. The molecule has 68 heavy (non-hydrogen) atoms. The van der Waals surface area contributed by atoms with Crippen LogP contribution in [0.25, 0.3) is 11.1 Å².